The predicted octanol–water partition coefficient (Wildman–Crippen LogP) is 5.16. The van der Waals surface area contributed by atoms with Gasteiger partial charge in [-0.2, -0.15) is 0 Å². The fraction of sp³-hybridized carbons (Fsp3) is 0.667. The number of carbonyl (C=O) groups excluding carboxylic acids is 2. The second-order valence-corrected chi connectivity index (χ2v) is 9.69. The van der Waals surface area contributed by atoms with Crippen molar-refractivity contribution in [2.24, 2.45) is 17.8 Å². The summed E-state index contributed by atoms with van der Waals surface area (Å²) in [7, 11) is 2.61. The number of unbranched alkanes of at least 4 members (excludes halogenated alkanes) is 2. The maximum atomic E-state index is 12.0. The molecule has 2 aliphatic rings. The van der Waals surface area contributed by atoms with E-state index >= 15 is 0 Å². The highest BCUT2D eigenvalue weighted by molar-refractivity contribution is 5.68. The Balaban J connectivity index is 1.76. The summed E-state index contributed by atoms with van der Waals surface area (Å²) in [4.78, 5) is 34.9. The molecule has 0 spiro atoms. The van der Waals surface area contributed by atoms with E-state index in [-0.39, 0.29) is 36.6 Å². The molecule has 9 nitrogen and oxygen atoms in total. The van der Waals surface area contributed by atoms with E-state index < -0.39 is 18.3 Å². The maximum Gasteiger partial charge on any atom is 0.508 e. The Bertz CT molecular complexity index is 899. The minimum atomic E-state index is -1.02. The first-order valence-corrected chi connectivity index (χ1v) is 12.8. The van der Waals surface area contributed by atoms with Crippen LogP contribution in [0.4, 0.5) is 9.59 Å². The summed E-state index contributed by atoms with van der Waals surface area (Å²) in [6, 6.07) is 5.75. The molecule has 0 aromatic heterocycles. The molecule has 1 aromatic rings. The van der Waals surface area contributed by atoms with Crippen LogP contribution in [0.5, 0.6) is 5.75 Å². The molecule has 9 heteroatoms. The Morgan fingerprint density at radius 2 is 1.83 bits per heavy atom. The molecule has 1 aromatic carbocycles. The van der Waals surface area contributed by atoms with E-state index in [2.05, 4.69) is 13.0 Å². The van der Waals surface area contributed by atoms with Crippen molar-refractivity contribution in [3.8, 4) is 5.75 Å². The predicted molar refractivity (Wildman–Crippen MR) is 130 cm³/mol. The molecule has 2 aliphatic carbocycles. The number of carboxylic acid groups (broad SMARTS) is 1. The lowest BCUT2D eigenvalue weighted by atomic mass is 9.73. The van der Waals surface area contributed by atoms with Crippen LogP contribution in [0.15, 0.2) is 18.2 Å². The third kappa shape index (κ3) is 7.27. The van der Waals surface area contributed by atoms with Crippen LogP contribution in [0.1, 0.15) is 63.0 Å². The van der Waals surface area contributed by atoms with Gasteiger partial charge in [-0.05, 0) is 79.9 Å². The molecule has 5 atom stereocenters. The summed E-state index contributed by atoms with van der Waals surface area (Å²) in [6.45, 7) is 1.74. The Hall–Kier alpha value is -2.97. The first-order chi connectivity index (χ1) is 17.4. The van der Waals surface area contributed by atoms with Crippen molar-refractivity contribution >= 4 is 18.3 Å². The smallest absolute Gasteiger partial charge is 0.482 e. The lowest BCUT2D eigenvalue weighted by molar-refractivity contribution is -0.139. The molecule has 0 radical (unpaired) electrons. The molecule has 1 N–H and O–H groups in total. The molecule has 3 rings (SSSR count). The van der Waals surface area contributed by atoms with Gasteiger partial charge in [-0.25, -0.2) is 14.4 Å². The number of hydrogen-bond acceptors (Lipinski definition) is 8. The molecule has 36 heavy (non-hydrogen) atoms. The minimum Gasteiger partial charge on any atom is -0.482 e. The van der Waals surface area contributed by atoms with E-state index in [1.54, 1.807) is 0 Å². The van der Waals surface area contributed by atoms with E-state index in [9.17, 15) is 14.4 Å². The Morgan fingerprint density at radius 1 is 1.06 bits per heavy atom. The van der Waals surface area contributed by atoms with Crippen LogP contribution in [-0.2, 0) is 36.6 Å². The summed E-state index contributed by atoms with van der Waals surface area (Å²) in [5, 5.41) is 9.02. The summed E-state index contributed by atoms with van der Waals surface area (Å²) in [5.41, 5.74) is 2.16. The molecule has 0 bridgehead atoms. The molecular formula is C27H38O9. The zero-order valence-electron chi connectivity index (χ0n) is 21.4. The van der Waals surface area contributed by atoms with Gasteiger partial charge in [-0.15, -0.1) is 0 Å². The molecule has 0 aliphatic heterocycles. The van der Waals surface area contributed by atoms with Crippen molar-refractivity contribution in [3.63, 3.8) is 0 Å². The van der Waals surface area contributed by atoms with E-state index in [4.69, 9.17) is 28.8 Å². The van der Waals surface area contributed by atoms with Crippen molar-refractivity contribution in [1.29, 1.82) is 0 Å². The van der Waals surface area contributed by atoms with Gasteiger partial charge in [-0.3, -0.25) is 0 Å². The van der Waals surface area contributed by atoms with Crippen LogP contribution in [0.3, 0.4) is 0 Å². The number of aliphatic carboxylic acids is 1. The summed E-state index contributed by atoms with van der Waals surface area (Å²) >= 11 is 0. The number of benzene rings is 1. The third-order valence-electron chi connectivity index (χ3n) is 7.47. The fourth-order valence-corrected chi connectivity index (χ4v) is 5.80. The number of methoxy groups -OCH3 is 2. The number of hydrogen-bond donors (Lipinski definition) is 1. The highest BCUT2D eigenvalue weighted by Gasteiger charge is 2.47. The highest BCUT2D eigenvalue weighted by atomic mass is 16.7. The SMILES string of the molecule is CCCCCC(CC[C@@H]1[C@H]2Cc3cccc(OCC(=O)O)c3C[C@H]2C[C@H]1OC(=O)OC)OC(=O)OC. The second-order valence-electron chi connectivity index (χ2n) is 9.69. The molecule has 0 saturated heterocycles. The van der Waals surface area contributed by atoms with Crippen LogP contribution >= 0.6 is 0 Å². The number of fused-ring (bicyclic) bond motifs is 2. The monoisotopic (exact) mass is 506 g/mol. The second kappa shape index (κ2) is 13.4. The van der Waals surface area contributed by atoms with Gasteiger partial charge in [0, 0.05) is 0 Å². The molecule has 1 fully saturated rings. The van der Waals surface area contributed by atoms with E-state index in [0.717, 1.165) is 56.1 Å². The Morgan fingerprint density at radius 3 is 2.53 bits per heavy atom. The molecule has 1 unspecified atom stereocenters. The van der Waals surface area contributed by atoms with Gasteiger partial charge in [0.1, 0.15) is 18.0 Å². The summed E-state index contributed by atoms with van der Waals surface area (Å²) in [5.74, 6) is 0.199. The van der Waals surface area contributed by atoms with Crippen molar-refractivity contribution in [1.82, 2.24) is 0 Å². The number of carboxylic acids is 1. The topological polar surface area (TPSA) is 118 Å². The molecular weight excluding hydrogens is 468 g/mol. The van der Waals surface area contributed by atoms with Gasteiger partial charge in [0.2, 0.25) is 0 Å². The molecule has 200 valence electrons. The Kier molecular flexibility index (Phi) is 10.3. The normalized spacial score (nSPS) is 23.1. The quantitative estimate of drug-likeness (QED) is 0.303. The van der Waals surface area contributed by atoms with Crippen molar-refractivity contribution in [2.75, 3.05) is 20.8 Å². The third-order valence-corrected chi connectivity index (χ3v) is 7.47. The van der Waals surface area contributed by atoms with Crippen molar-refractivity contribution < 1.29 is 43.2 Å². The van der Waals surface area contributed by atoms with E-state index in [0.29, 0.717) is 18.6 Å². The van der Waals surface area contributed by atoms with Gasteiger partial charge in [0.05, 0.1) is 14.2 Å². The highest BCUT2D eigenvalue weighted by Crippen LogP contribution is 2.49. The molecule has 0 amide bonds. The first kappa shape index (κ1) is 27.6. The largest absolute Gasteiger partial charge is 0.508 e. The average molecular weight is 507 g/mol. The standard InChI is InChI=1S/C27H38O9/c1-4-5-6-9-19(35-26(30)32-2)11-12-20-21-13-17-8-7-10-23(34-16-25(28)29)22(17)14-18(21)15-24(20)36-27(31)33-3/h7-8,10,18-21,24H,4-6,9,11-16H2,1-3H3,(H,28,29)/t18-,19?,20+,21-,24+/m0/s1. The minimum absolute atomic E-state index is 0.0840. The van der Waals surface area contributed by atoms with Gasteiger partial charge >= 0.3 is 18.3 Å². The van der Waals surface area contributed by atoms with Crippen molar-refractivity contribution in [3.05, 3.63) is 29.3 Å². The fourth-order valence-electron chi connectivity index (χ4n) is 5.80. The van der Waals surface area contributed by atoms with Crippen LogP contribution in [0, 0.1) is 17.8 Å². The van der Waals surface area contributed by atoms with Crippen LogP contribution in [-0.4, -0.2) is 56.4 Å². The lowest BCUT2D eigenvalue weighted by Gasteiger charge is -2.33. The zero-order valence-corrected chi connectivity index (χ0v) is 21.4. The Labute approximate surface area is 212 Å². The van der Waals surface area contributed by atoms with Gasteiger partial charge in [0.25, 0.3) is 0 Å². The van der Waals surface area contributed by atoms with Gasteiger partial charge < -0.3 is 28.8 Å². The van der Waals surface area contributed by atoms with Crippen LogP contribution in [0.2, 0.25) is 0 Å². The summed E-state index contributed by atoms with van der Waals surface area (Å²) < 4.78 is 26.3. The molecule has 0 heterocycles. The molecule has 1 saturated carbocycles. The number of rotatable bonds is 12. The number of carbonyl (C=O) groups is 3. The summed E-state index contributed by atoms with van der Waals surface area (Å²) in [6.07, 6.45) is 5.52. The zero-order chi connectivity index (χ0) is 26.1. The van der Waals surface area contributed by atoms with Gasteiger partial charge in [-0.1, -0.05) is 31.9 Å². The maximum absolute atomic E-state index is 12.0. The van der Waals surface area contributed by atoms with Gasteiger partial charge in [0.15, 0.2) is 6.61 Å². The lowest BCUT2D eigenvalue weighted by Crippen LogP contribution is -2.30. The van der Waals surface area contributed by atoms with E-state index in [1.165, 1.54) is 14.2 Å². The average Bonchev–Trinajstić information content (AvgIpc) is 3.19. The van der Waals surface area contributed by atoms with E-state index in [1.807, 2.05) is 12.1 Å². The first-order valence-electron chi connectivity index (χ1n) is 12.8. The van der Waals surface area contributed by atoms with Crippen LogP contribution in [0.25, 0.3) is 0 Å². The number of ether oxygens (including phenoxy) is 5. The van der Waals surface area contributed by atoms with Crippen LogP contribution < -0.4 is 4.74 Å². The van der Waals surface area contributed by atoms with Crippen molar-refractivity contribution in [2.45, 2.75) is 76.9 Å².